The number of carbonyl (C=O) groups excluding carboxylic acids is 5. The summed E-state index contributed by atoms with van der Waals surface area (Å²) in [6.45, 7) is 2.33. The van der Waals surface area contributed by atoms with Gasteiger partial charge in [0, 0.05) is 13.1 Å². The van der Waals surface area contributed by atoms with Crippen molar-refractivity contribution in [2.75, 3.05) is 39.3 Å². The maximum Gasteiger partial charge on any atom is 0.326 e. The molecule has 0 aromatic rings. The van der Waals surface area contributed by atoms with Crippen LogP contribution in [-0.4, -0.2) is 126 Å². The number of amides is 5. The molecule has 14 N–H and O–H groups in total. The third kappa shape index (κ3) is 14.3. The van der Waals surface area contributed by atoms with E-state index in [9.17, 15) is 33.9 Å². The van der Waals surface area contributed by atoms with Gasteiger partial charge in [-0.1, -0.05) is 6.42 Å². The van der Waals surface area contributed by atoms with Crippen molar-refractivity contribution in [3.8, 4) is 0 Å². The minimum atomic E-state index is -1.17. The number of nitrogens with zero attached hydrogens (tertiary/aromatic N) is 2. The minimum absolute atomic E-state index is 0.211. The Kier molecular flexibility index (Phi) is 20.6. The summed E-state index contributed by atoms with van der Waals surface area (Å²) in [5.41, 5.74) is 28.7. The first-order valence-corrected chi connectivity index (χ1v) is 18.8. The van der Waals surface area contributed by atoms with Gasteiger partial charge in [0.25, 0.3) is 0 Å². The normalized spacial score (nSPS) is 19.6. The lowest BCUT2D eigenvalue weighted by Gasteiger charge is -2.31. The van der Waals surface area contributed by atoms with Gasteiger partial charge >= 0.3 is 5.97 Å². The molecule has 2 aliphatic rings. The zero-order valence-corrected chi connectivity index (χ0v) is 30.2. The molecule has 6 atom stereocenters. The average molecular weight is 725 g/mol. The van der Waals surface area contributed by atoms with Gasteiger partial charge in [-0.3, -0.25) is 24.0 Å². The van der Waals surface area contributed by atoms with Crippen molar-refractivity contribution in [1.82, 2.24) is 25.8 Å². The molecule has 5 amide bonds. The molecule has 0 aromatic carbocycles. The second kappa shape index (κ2) is 24.0. The highest BCUT2D eigenvalue weighted by atomic mass is 16.4. The fourth-order valence-corrected chi connectivity index (χ4v) is 6.72. The van der Waals surface area contributed by atoms with Crippen LogP contribution in [0.25, 0.3) is 0 Å². The topological polar surface area (TPSA) is 295 Å². The van der Waals surface area contributed by atoms with Crippen molar-refractivity contribution < 1.29 is 33.9 Å². The number of hydrogen-bond acceptors (Lipinski definition) is 11. The summed E-state index contributed by atoms with van der Waals surface area (Å²) < 4.78 is 0. The van der Waals surface area contributed by atoms with Gasteiger partial charge in [0.05, 0.1) is 6.04 Å². The summed E-state index contributed by atoms with van der Waals surface area (Å²) in [4.78, 5) is 82.7. The SMILES string of the molecule is NCCCC[C@H](NC(=O)[C@@H]1CCCN1C(=O)[C@H](CCCCN)NC(=O)[C@H](CCCCN)NC(=O)[C@@H]1CCCN1C(=O)[C@@H](N)CCCCN)C(=O)O. The molecule has 2 aliphatic heterocycles. The second-order valence-corrected chi connectivity index (χ2v) is 13.6. The Morgan fingerprint density at radius 1 is 0.569 bits per heavy atom. The molecule has 17 nitrogen and oxygen atoms in total. The average Bonchev–Trinajstić information content (AvgIpc) is 3.81. The molecule has 2 heterocycles. The molecule has 0 bridgehead atoms. The number of rotatable bonds is 25. The van der Waals surface area contributed by atoms with E-state index in [-0.39, 0.29) is 31.7 Å². The second-order valence-electron chi connectivity index (χ2n) is 13.6. The molecule has 0 aliphatic carbocycles. The van der Waals surface area contributed by atoms with E-state index >= 15 is 0 Å². The maximum atomic E-state index is 14.0. The summed E-state index contributed by atoms with van der Waals surface area (Å²) in [7, 11) is 0. The van der Waals surface area contributed by atoms with E-state index in [2.05, 4.69) is 16.0 Å². The Bertz CT molecular complexity index is 1130. The van der Waals surface area contributed by atoms with Gasteiger partial charge in [-0.2, -0.15) is 0 Å². The molecule has 2 saturated heterocycles. The number of carboxylic acid groups (broad SMARTS) is 1. The van der Waals surface area contributed by atoms with Crippen LogP contribution in [0.15, 0.2) is 0 Å². The van der Waals surface area contributed by atoms with E-state index < -0.39 is 65.8 Å². The molecule has 51 heavy (non-hydrogen) atoms. The zero-order valence-electron chi connectivity index (χ0n) is 30.2. The van der Waals surface area contributed by atoms with Gasteiger partial charge in [-0.15, -0.1) is 0 Å². The quantitative estimate of drug-likeness (QED) is 0.0479. The van der Waals surface area contributed by atoms with Crippen LogP contribution in [0.3, 0.4) is 0 Å². The molecular weight excluding hydrogens is 660 g/mol. The number of carboxylic acids is 1. The van der Waals surface area contributed by atoms with Crippen LogP contribution in [0.1, 0.15) is 103 Å². The number of likely N-dealkylation sites (tertiary alicyclic amines) is 2. The van der Waals surface area contributed by atoms with Gasteiger partial charge in [0.1, 0.15) is 30.2 Å². The molecule has 292 valence electrons. The van der Waals surface area contributed by atoms with Gasteiger partial charge in [-0.05, 0) is 122 Å². The first kappa shape index (κ1) is 43.8. The molecule has 2 fully saturated rings. The standard InChI is InChI=1S/C34H64N10O7/c35-17-5-1-11-23(39)32(48)43-21-9-15-27(43)30(46)40-24(12-2-6-18-36)29(45)41-25(13-3-7-19-37)33(49)44-22-10-16-28(44)31(47)42-26(34(50)51)14-4-8-20-38/h23-28H,1-22,35-39H2,(H,40,46)(H,41,45)(H,42,47)(H,50,51)/t23-,24-,25-,26-,27-,28-/m0/s1. The van der Waals surface area contributed by atoms with E-state index in [4.69, 9.17) is 28.7 Å². The number of nitrogens with two attached hydrogens (primary N) is 5. The summed E-state index contributed by atoms with van der Waals surface area (Å²) in [5, 5.41) is 17.9. The van der Waals surface area contributed by atoms with Crippen LogP contribution in [0, 0.1) is 0 Å². The Hall–Kier alpha value is -3.38. The van der Waals surface area contributed by atoms with E-state index in [1.54, 1.807) is 0 Å². The Morgan fingerprint density at radius 3 is 1.45 bits per heavy atom. The third-order valence-electron chi connectivity index (χ3n) is 9.67. The molecule has 0 aromatic heterocycles. The Balaban J connectivity index is 2.20. The third-order valence-corrected chi connectivity index (χ3v) is 9.67. The number of unbranched alkanes of at least 4 members (excludes halogenated alkanes) is 4. The highest BCUT2D eigenvalue weighted by molar-refractivity contribution is 5.96. The van der Waals surface area contributed by atoms with E-state index in [0.717, 1.165) is 6.42 Å². The van der Waals surface area contributed by atoms with Crippen molar-refractivity contribution in [3.05, 3.63) is 0 Å². The van der Waals surface area contributed by atoms with E-state index in [1.807, 2.05) is 0 Å². The highest BCUT2D eigenvalue weighted by Gasteiger charge is 2.40. The summed E-state index contributed by atoms with van der Waals surface area (Å²) >= 11 is 0. The summed E-state index contributed by atoms with van der Waals surface area (Å²) in [6.07, 6.45) is 7.95. The fourth-order valence-electron chi connectivity index (χ4n) is 6.72. The molecule has 0 spiro atoms. The molecule has 2 rings (SSSR count). The molecule has 0 unspecified atom stereocenters. The number of aliphatic carboxylic acids is 1. The lowest BCUT2D eigenvalue weighted by Crippen LogP contribution is -2.59. The largest absolute Gasteiger partial charge is 0.480 e. The van der Waals surface area contributed by atoms with Crippen molar-refractivity contribution in [2.45, 2.75) is 139 Å². The maximum absolute atomic E-state index is 14.0. The van der Waals surface area contributed by atoms with Crippen molar-refractivity contribution in [2.24, 2.45) is 28.7 Å². The number of hydrogen-bond donors (Lipinski definition) is 9. The van der Waals surface area contributed by atoms with Crippen LogP contribution in [0.2, 0.25) is 0 Å². The molecule has 0 radical (unpaired) electrons. The van der Waals surface area contributed by atoms with Gasteiger partial charge < -0.3 is 59.5 Å². The van der Waals surface area contributed by atoms with Crippen LogP contribution >= 0.6 is 0 Å². The molecular formula is C34H64N10O7. The lowest BCUT2D eigenvalue weighted by molar-refractivity contribution is -0.145. The van der Waals surface area contributed by atoms with Crippen LogP contribution in [0.4, 0.5) is 0 Å². The Morgan fingerprint density at radius 2 is 0.980 bits per heavy atom. The van der Waals surface area contributed by atoms with E-state index in [1.165, 1.54) is 9.80 Å². The zero-order chi connectivity index (χ0) is 37.8. The van der Waals surface area contributed by atoms with Gasteiger partial charge in [0.15, 0.2) is 0 Å². The highest BCUT2D eigenvalue weighted by Crippen LogP contribution is 2.22. The molecule has 17 heteroatoms. The predicted molar refractivity (Wildman–Crippen MR) is 192 cm³/mol. The van der Waals surface area contributed by atoms with E-state index in [0.29, 0.717) is 110 Å². The van der Waals surface area contributed by atoms with Crippen LogP contribution in [-0.2, 0) is 28.8 Å². The van der Waals surface area contributed by atoms with Crippen molar-refractivity contribution in [3.63, 3.8) is 0 Å². The smallest absolute Gasteiger partial charge is 0.326 e. The van der Waals surface area contributed by atoms with Crippen LogP contribution in [0.5, 0.6) is 0 Å². The fraction of sp³-hybridized carbons (Fsp3) is 0.824. The molecule has 0 saturated carbocycles. The first-order valence-electron chi connectivity index (χ1n) is 18.8. The van der Waals surface area contributed by atoms with Gasteiger partial charge in [-0.25, -0.2) is 4.79 Å². The number of nitrogens with one attached hydrogen (secondary N) is 3. The summed E-state index contributed by atoms with van der Waals surface area (Å²) in [5.74, 6) is -3.53. The number of carbonyl (C=O) groups is 6. The predicted octanol–water partition coefficient (Wildman–Crippen LogP) is -1.65. The van der Waals surface area contributed by atoms with Crippen molar-refractivity contribution >= 4 is 35.5 Å². The first-order chi connectivity index (χ1) is 24.5. The van der Waals surface area contributed by atoms with Gasteiger partial charge in [0.2, 0.25) is 29.5 Å². The Labute approximate surface area is 301 Å². The summed E-state index contributed by atoms with van der Waals surface area (Å²) in [6, 6.07) is -5.56. The van der Waals surface area contributed by atoms with Crippen molar-refractivity contribution in [1.29, 1.82) is 0 Å². The lowest BCUT2D eigenvalue weighted by atomic mass is 10.0. The van der Waals surface area contributed by atoms with Crippen LogP contribution < -0.4 is 44.6 Å². The minimum Gasteiger partial charge on any atom is -0.480 e. The monoisotopic (exact) mass is 724 g/mol.